The number of alkyl halides is 1. The fourth-order valence-electron chi connectivity index (χ4n) is 1.30. The lowest BCUT2D eigenvalue weighted by Crippen LogP contribution is -2.28. The fraction of sp³-hybridized carbons (Fsp3) is 0.222. The highest BCUT2D eigenvalue weighted by Crippen LogP contribution is 2.32. The van der Waals surface area contributed by atoms with Gasteiger partial charge in [0.05, 0.1) is 5.56 Å². The highest BCUT2D eigenvalue weighted by molar-refractivity contribution is 9.10. The maximum absolute atomic E-state index is 13.3. The summed E-state index contributed by atoms with van der Waals surface area (Å²) in [5.74, 6) is -0.724. The van der Waals surface area contributed by atoms with Crippen LogP contribution in [0.5, 0.6) is 5.75 Å². The number of ether oxygens (including phenoxy) is 1. The van der Waals surface area contributed by atoms with Crippen molar-refractivity contribution in [1.29, 1.82) is 0 Å². The molecule has 5 heteroatoms. The van der Waals surface area contributed by atoms with Crippen LogP contribution in [-0.4, -0.2) is 17.2 Å². The van der Waals surface area contributed by atoms with Crippen molar-refractivity contribution in [3.05, 3.63) is 28.5 Å². The van der Waals surface area contributed by atoms with Crippen LogP contribution in [-0.2, 0) is 0 Å². The molecule has 0 bridgehead atoms. The first kappa shape index (κ1) is 9.93. The van der Waals surface area contributed by atoms with E-state index in [1.807, 2.05) is 0 Å². The first-order valence-corrected chi connectivity index (χ1v) is 5.19. The Bertz CT molecular complexity index is 408. The predicted molar refractivity (Wildman–Crippen MR) is 54.0 cm³/mol. The molecule has 0 saturated heterocycles. The van der Waals surface area contributed by atoms with E-state index in [9.17, 15) is 9.18 Å². The van der Waals surface area contributed by atoms with Crippen molar-refractivity contribution in [2.45, 2.75) is 4.83 Å². The van der Waals surface area contributed by atoms with Gasteiger partial charge in [0, 0.05) is 5.02 Å². The molecule has 0 spiro atoms. The largest absolute Gasteiger partial charge is 0.491 e. The summed E-state index contributed by atoms with van der Waals surface area (Å²) >= 11 is 8.72. The SMILES string of the molecule is O=C1c2c(F)cc(Cl)cc2OCC1Br. The van der Waals surface area contributed by atoms with Crippen molar-refractivity contribution in [2.24, 2.45) is 0 Å². The van der Waals surface area contributed by atoms with Crippen LogP contribution in [0.15, 0.2) is 12.1 Å². The molecule has 2 nitrogen and oxygen atoms in total. The van der Waals surface area contributed by atoms with E-state index in [1.54, 1.807) is 0 Å². The van der Waals surface area contributed by atoms with Crippen LogP contribution in [0.2, 0.25) is 5.02 Å². The van der Waals surface area contributed by atoms with E-state index in [0.29, 0.717) is 0 Å². The molecule has 0 aliphatic carbocycles. The minimum Gasteiger partial charge on any atom is -0.491 e. The van der Waals surface area contributed by atoms with Crippen molar-refractivity contribution in [1.82, 2.24) is 0 Å². The number of benzene rings is 1. The summed E-state index contributed by atoms with van der Waals surface area (Å²) in [6.45, 7) is 0.200. The molecule has 0 amide bonds. The molecule has 0 saturated carbocycles. The lowest BCUT2D eigenvalue weighted by atomic mass is 10.0. The molecule has 1 aliphatic heterocycles. The molecular weight excluding hydrogens is 274 g/mol. The monoisotopic (exact) mass is 278 g/mol. The number of carbonyl (C=O) groups is 1. The summed E-state index contributed by atoms with van der Waals surface area (Å²) in [6, 6.07) is 2.55. The normalized spacial score (nSPS) is 20.2. The van der Waals surface area contributed by atoms with Crippen molar-refractivity contribution in [3.8, 4) is 5.75 Å². The van der Waals surface area contributed by atoms with E-state index in [0.717, 1.165) is 6.07 Å². The van der Waals surface area contributed by atoms with Gasteiger partial charge in [-0.1, -0.05) is 27.5 Å². The summed E-state index contributed by atoms with van der Waals surface area (Å²) in [4.78, 5) is 11.1. The van der Waals surface area contributed by atoms with Gasteiger partial charge in [-0.25, -0.2) is 4.39 Å². The minimum absolute atomic E-state index is 0.0254. The standard InChI is InChI=1S/C9H5BrClFO2/c10-5-3-14-7-2-4(11)1-6(12)8(7)9(5)13/h1-2,5H,3H2. The van der Waals surface area contributed by atoms with Crippen molar-refractivity contribution in [3.63, 3.8) is 0 Å². The second-order valence-corrected chi connectivity index (χ2v) is 4.45. The van der Waals surface area contributed by atoms with Gasteiger partial charge in [-0.3, -0.25) is 4.79 Å². The van der Waals surface area contributed by atoms with Crippen molar-refractivity contribution < 1.29 is 13.9 Å². The maximum atomic E-state index is 13.3. The van der Waals surface area contributed by atoms with Crippen LogP contribution in [0.1, 0.15) is 10.4 Å². The molecule has 1 atom stereocenters. The van der Waals surface area contributed by atoms with Gasteiger partial charge in [-0.2, -0.15) is 0 Å². The molecule has 14 heavy (non-hydrogen) atoms. The number of carbonyl (C=O) groups excluding carboxylic acids is 1. The Kier molecular flexibility index (Phi) is 2.49. The van der Waals surface area contributed by atoms with Gasteiger partial charge in [-0.15, -0.1) is 0 Å². The highest BCUT2D eigenvalue weighted by Gasteiger charge is 2.30. The lowest BCUT2D eigenvalue weighted by molar-refractivity contribution is 0.0941. The van der Waals surface area contributed by atoms with Crippen LogP contribution >= 0.6 is 27.5 Å². The molecule has 0 radical (unpaired) electrons. The number of rotatable bonds is 0. The van der Waals surface area contributed by atoms with Crippen LogP contribution in [0, 0.1) is 5.82 Å². The third-order valence-corrected chi connectivity index (χ3v) is 2.83. The zero-order chi connectivity index (χ0) is 10.3. The second kappa shape index (κ2) is 3.51. The van der Waals surface area contributed by atoms with E-state index in [4.69, 9.17) is 16.3 Å². The molecule has 0 fully saturated rings. The van der Waals surface area contributed by atoms with Crippen LogP contribution in [0.25, 0.3) is 0 Å². The fourth-order valence-corrected chi connectivity index (χ4v) is 1.85. The molecule has 74 valence electrons. The summed E-state index contributed by atoms with van der Waals surface area (Å²) in [5, 5.41) is 0.224. The zero-order valence-electron chi connectivity index (χ0n) is 6.89. The molecule has 1 unspecified atom stereocenters. The Morgan fingerprint density at radius 3 is 3.00 bits per heavy atom. The van der Waals surface area contributed by atoms with Gasteiger partial charge >= 0.3 is 0 Å². The van der Waals surface area contributed by atoms with E-state index in [1.165, 1.54) is 6.07 Å². The number of hydrogen-bond acceptors (Lipinski definition) is 2. The third-order valence-electron chi connectivity index (χ3n) is 1.93. The van der Waals surface area contributed by atoms with Gasteiger partial charge in [0.15, 0.2) is 5.78 Å². The smallest absolute Gasteiger partial charge is 0.186 e. The molecular formula is C9H5BrClFO2. The van der Waals surface area contributed by atoms with Crippen LogP contribution in [0.3, 0.4) is 0 Å². The Balaban J connectivity index is 2.60. The average Bonchev–Trinajstić information content (AvgIpc) is 2.10. The zero-order valence-corrected chi connectivity index (χ0v) is 9.23. The Hall–Kier alpha value is -0.610. The summed E-state index contributed by atoms with van der Waals surface area (Å²) in [7, 11) is 0. The van der Waals surface area contributed by atoms with Gasteiger partial charge in [0.2, 0.25) is 0 Å². The van der Waals surface area contributed by atoms with Crippen LogP contribution < -0.4 is 4.74 Å². The Morgan fingerprint density at radius 1 is 1.57 bits per heavy atom. The lowest BCUT2D eigenvalue weighted by Gasteiger charge is -2.20. The van der Waals surface area contributed by atoms with E-state index in [2.05, 4.69) is 15.9 Å². The Labute approximate surface area is 93.1 Å². The number of halogens is 3. The molecule has 2 rings (SSSR count). The second-order valence-electron chi connectivity index (χ2n) is 2.90. The van der Waals surface area contributed by atoms with Gasteiger partial charge in [-0.05, 0) is 12.1 Å². The van der Waals surface area contributed by atoms with E-state index in [-0.39, 0.29) is 28.7 Å². The summed E-state index contributed by atoms with van der Waals surface area (Å²) in [6.07, 6.45) is 0. The Morgan fingerprint density at radius 2 is 2.29 bits per heavy atom. The van der Waals surface area contributed by atoms with Crippen molar-refractivity contribution >= 4 is 33.3 Å². The van der Waals surface area contributed by atoms with Gasteiger partial charge in [0.1, 0.15) is 23.0 Å². The maximum Gasteiger partial charge on any atom is 0.186 e. The number of fused-ring (bicyclic) bond motifs is 1. The molecule has 1 heterocycles. The summed E-state index contributed by atoms with van der Waals surface area (Å²) < 4.78 is 18.5. The predicted octanol–water partition coefficient (Wildman–Crippen LogP) is 2.82. The van der Waals surface area contributed by atoms with E-state index >= 15 is 0 Å². The number of Topliss-reactive ketones (excluding diaryl/α,β-unsaturated/α-hetero) is 1. The van der Waals surface area contributed by atoms with Gasteiger partial charge in [0.25, 0.3) is 0 Å². The average molecular weight is 279 g/mol. The van der Waals surface area contributed by atoms with Crippen molar-refractivity contribution in [2.75, 3.05) is 6.61 Å². The summed E-state index contributed by atoms with van der Waals surface area (Å²) in [5.41, 5.74) is -0.0254. The molecule has 1 aromatic rings. The van der Waals surface area contributed by atoms with E-state index < -0.39 is 10.6 Å². The first-order chi connectivity index (χ1) is 6.59. The number of hydrogen-bond donors (Lipinski definition) is 0. The molecule has 1 aromatic carbocycles. The molecule has 0 aromatic heterocycles. The topological polar surface area (TPSA) is 26.3 Å². The number of ketones is 1. The van der Waals surface area contributed by atoms with Gasteiger partial charge < -0.3 is 4.74 Å². The first-order valence-electron chi connectivity index (χ1n) is 3.89. The quantitative estimate of drug-likeness (QED) is 0.683. The molecule has 0 N–H and O–H groups in total. The van der Waals surface area contributed by atoms with Crippen LogP contribution in [0.4, 0.5) is 4.39 Å². The minimum atomic E-state index is -0.637. The third kappa shape index (κ3) is 1.53. The highest BCUT2D eigenvalue weighted by atomic mass is 79.9. The molecule has 1 aliphatic rings.